The first-order chi connectivity index (χ1) is 19.4. The van der Waals surface area contributed by atoms with Gasteiger partial charge in [0.15, 0.2) is 0 Å². The topological polar surface area (TPSA) is 103 Å². The molecule has 0 amide bonds. The molecule has 6 rings (SSSR count). The molecule has 42 heavy (non-hydrogen) atoms. The molecule has 212 valence electrons. The fraction of sp³-hybridized carbons (Fsp3) is 0.125. The van der Waals surface area contributed by atoms with E-state index in [1.807, 2.05) is 125 Å². The maximum atomic E-state index is 4.44. The summed E-state index contributed by atoms with van der Waals surface area (Å²) >= 11 is 0. The van der Waals surface area contributed by atoms with Gasteiger partial charge in [0, 0.05) is 22.8 Å². The number of pyridine rings is 4. The van der Waals surface area contributed by atoms with Crippen molar-refractivity contribution < 1.29 is 28.9 Å². The van der Waals surface area contributed by atoms with Crippen LogP contribution in [0.2, 0.25) is 0 Å². The van der Waals surface area contributed by atoms with E-state index >= 15 is 0 Å². The van der Waals surface area contributed by atoms with Gasteiger partial charge in [-0.2, -0.15) is 0 Å². The fourth-order valence-electron chi connectivity index (χ4n) is 3.95. The number of nitrogens with zero attached hydrogens (tertiary/aromatic N) is 8. The third-order valence-corrected chi connectivity index (χ3v) is 5.93. The zero-order valence-electron chi connectivity index (χ0n) is 23.5. The number of aryl methyl sites for hydroxylation is 4. The minimum Gasteiger partial charge on any atom is -1.00 e. The van der Waals surface area contributed by atoms with E-state index in [4.69, 9.17) is 0 Å². The number of rotatable bonds is 4. The smallest absolute Gasteiger partial charge is 1.00 e. The molecular weight excluding hydrogens is 591 g/mol. The number of hydrogen-bond acceptors (Lipinski definition) is 8. The van der Waals surface area contributed by atoms with E-state index in [9.17, 15) is 0 Å². The third-order valence-electron chi connectivity index (χ3n) is 5.93. The molecule has 6 heterocycles. The summed E-state index contributed by atoms with van der Waals surface area (Å²) in [4.78, 5) is 17.8. The Kier molecular flexibility index (Phi) is 11.4. The molecule has 0 saturated heterocycles. The fourth-order valence-corrected chi connectivity index (χ4v) is 3.95. The van der Waals surface area contributed by atoms with Crippen LogP contribution >= 0.6 is 0 Å². The van der Waals surface area contributed by atoms with Crippen LogP contribution < -0.4 is 12.4 Å². The van der Waals surface area contributed by atoms with Gasteiger partial charge in [0.2, 0.25) is 0 Å². The molecule has 0 N–H and O–H groups in total. The molecule has 0 atom stereocenters. The van der Waals surface area contributed by atoms with Gasteiger partial charge in [0.05, 0.1) is 22.8 Å². The molecule has 0 saturated carbocycles. The summed E-state index contributed by atoms with van der Waals surface area (Å²) in [6.07, 6.45) is 0. The van der Waals surface area contributed by atoms with Crippen molar-refractivity contribution in [1.82, 2.24) is 40.3 Å². The molecule has 0 bridgehead atoms. The van der Waals surface area contributed by atoms with Crippen molar-refractivity contribution in [3.05, 3.63) is 120 Å². The van der Waals surface area contributed by atoms with Crippen molar-refractivity contribution in [1.29, 1.82) is 0 Å². The molecule has 10 heteroatoms. The van der Waals surface area contributed by atoms with Gasteiger partial charge in [-0.1, -0.05) is 24.3 Å². The Bertz CT molecular complexity index is 1490. The van der Waals surface area contributed by atoms with Crippen molar-refractivity contribution in [2.24, 2.45) is 0 Å². The summed E-state index contributed by atoms with van der Waals surface area (Å²) < 4.78 is 0. The summed E-state index contributed by atoms with van der Waals surface area (Å²) in [5.41, 5.74) is 10.3. The maximum Gasteiger partial charge on any atom is 2.00 e. The van der Waals surface area contributed by atoms with Crippen LogP contribution in [0.1, 0.15) is 22.8 Å². The van der Waals surface area contributed by atoms with Crippen molar-refractivity contribution >= 4 is 0 Å². The molecule has 0 fully saturated rings. The molecule has 0 spiro atoms. The Hall–Kier alpha value is -4.46. The van der Waals surface area contributed by atoms with Crippen LogP contribution in [0.25, 0.3) is 45.6 Å². The average molecular weight is 619 g/mol. The van der Waals surface area contributed by atoms with E-state index in [2.05, 4.69) is 40.3 Å². The summed E-state index contributed by atoms with van der Waals surface area (Å²) in [5.74, 6) is 0. The van der Waals surface area contributed by atoms with Gasteiger partial charge < -0.3 is 12.4 Å². The van der Waals surface area contributed by atoms with E-state index in [1.165, 1.54) is 0 Å². The summed E-state index contributed by atoms with van der Waals surface area (Å²) in [6, 6.07) is 31.1. The van der Waals surface area contributed by atoms with Gasteiger partial charge in [-0.05, 0) is 100 Å². The largest absolute Gasteiger partial charge is 2.00 e. The first-order valence-electron chi connectivity index (χ1n) is 12.9. The Balaban J connectivity index is 0.000000220. The van der Waals surface area contributed by atoms with E-state index < -0.39 is 0 Å². The van der Waals surface area contributed by atoms with Gasteiger partial charge in [-0.3, -0.25) is 19.9 Å². The molecule has 6 aromatic heterocycles. The molecule has 0 aromatic carbocycles. The molecular formula is C32H28ClN8Ni+. The predicted octanol–water partition coefficient (Wildman–Crippen LogP) is 3.44. The average Bonchev–Trinajstić information content (AvgIpc) is 2.98. The molecule has 0 aliphatic heterocycles. The van der Waals surface area contributed by atoms with Gasteiger partial charge in [-0.15, -0.1) is 20.4 Å². The zero-order valence-corrected chi connectivity index (χ0v) is 25.3. The van der Waals surface area contributed by atoms with Crippen LogP contribution in [0.3, 0.4) is 0 Å². The number of halogens is 1. The van der Waals surface area contributed by atoms with Crippen molar-refractivity contribution in [3.63, 3.8) is 0 Å². The van der Waals surface area contributed by atoms with E-state index in [-0.39, 0.29) is 28.9 Å². The van der Waals surface area contributed by atoms with Crippen molar-refractivity contribution in [2.45, 2.75) is 27.7 Å². The van der Waals surface area contributed by atoms with Crippen molar-refractivity contribution in [3.8, 4) is 45.6 Å². The minimum atomic E-state index is 0. The third kappa shape index (κ3) is 8.29. The Morgan fingerprint density at radius 1 is 0.310 bits per heavy atom. The van der Waals surface area contributed by atoms with Crippen LogP contribution in [0.5, 0.6) is 0 Å². The van der Waals surface area contributed by atoms with Crippen molar-refractivity contribution in [2.75, 3.05) is 0 Å². The van der Waals surface area contributed by atoms with Gasteiger partial charge in [0.25, 0.3) is 0 Å². The number of hydrogen-bond donors (Lipinski definition) is 0. The minimum absolute atomic E-state index is 0. The SMILES string of the molecule is Cc1cccc(-c2ccc(-c3cccc(C)n3)nn2)n1.Cc1cccc(-c2ccc(-c3cccc(C)n3)nn2)n1.[Cl-].[Ni+2]. The van der Waals surface area contributed by atoms with E-state index in [1.54, 1.807) is 0 Å². The predicted molar refractivity (Wildman–Crippen MR) is 156 cm³/mol. The van der Waals surface area contributed by atoms with Crippen LogP contribution in [0.4, 0.5) is 0 Å². The monoisotopic (exact) mass is 617 g/mol. The van der Waals surface area contributed by atoms with Crippen LogP contribution in [0, 0.1) is 27.7 Å². The first kappa shape index (κ1) is 32.1. The van der Waals surface area contributed by atoms with Crippen LogP contribution in [-0.4, -0.2) is 40.3 Å². The van der Waals surface area contributed by atoms with Gasteiger partial charge >= 0.3 is 16.5 Å². The second kappa shape index (κ2) is 15.0. The van der Waals surface area contributed by atoms with E-state index in [0.717, 1.165) is 68.3 Å². The zero-order chi connectivity index (χ0) is 27.9. The first-order valence-corrected chi connectivity index (χ1v) is 12.9. The summed E-state index contributed by atoms with van der Waals surface area (Å²) in [6.45, 7) is 7.84. The van der Waals surface area contributed by atoms with Gasteiger partial charge in [-0.25, -0.2) is 0 Å². The Labute approximate surface area is 261 Å². The quantitative estimate of drug-likeness (QED) is 0.277. The standard InChI is InChI=1S/2C16H14N4.ClH.Ni/c2*1-11-5-3-7-13(17-11)15-9-10-16(20-19-15)14-8-4-6-12(2)18-14;;/h2*3-10H,1-2H3;1H;/q;;;+2/p-1. The molecule has 0 unspecified atom stereocenters. The second-order valence-electron chi connectivity index (χ2n) is 9.26. The Morgan fingerprint density at radius 3 is 0.690 bits per heavy atom. The second-order valence-corrected chi connectivity index (χ2v) is 9.26. The molecule has 0 radical (unpaired) electrons. The Morgan fingerprint density at radius 2 is 0.524 bits per heavy atom. The normalized spacial score (nSPS) is 10.0. The number of aromatic nitrogens is 8. The molecule has 8 nitrogen and oxygen atoms in total. The summed E-state index contributed by atoms with van der Waals surface area (Å²) in [7, 11) is 0. The van der Waals surface area contributed by atoms with E-state index in [0.29, 0.717) is 0 Å². The van der Waals surface area contributed by atoms with Crippen LogP contribution in [-0.2, 0) is 16.5 Å². The summed E-state index contributed by atoms with van der Waals surface area (Å²) in [5, 5.41) is 17.0. The van der Waals surface area contributed by atoms with Gasteiger partial charge in [0.1, 0.15) is 22.8 Å². The molecule has 0 aliphatic carbocycles. The van der Waals surface area contributed by atoms with Crippen LogP contribution in [0.15, 0.2) is 97.1 Å². The maximum absolute atomic E-state index is 4.44. The molecule has 0 aliphatic rings. The molecule has 6 aromatic rings.